The Bertz CT molecular complexity index is 544. The Morgan fingerprint density at radius 3 is 2.75 bits per heavy atom. The molecule has 0 bridgehead atoms. The third-order valence-electron chi connectivity index (χ3n) is 5.23. The minimum absolute atomic E-state index is 0.0583. The predicted molar refractivity (Wildman–Crippen MR) is 92.8 cm³/mol. The van der Waals surface area contributed by atoms with Crippen LogP contribution in [0.25, 0.3) is 0 Å². The van der Waals surface area contributed by atoms with E-state index in [1.165, 1.54) is 12.8 Å². The highest BCUT2D eigenvalue weighted by atomic mass is 16.6. The van der Waals surface area contributed by atoms with Gasteiger partial charge in [0.15, 0.2) is 0 Å². The number of amides is 1. The van der Waals surface area contributed by atoms with Gasteiger partial charge in [0.05, 0.1) is 11.9 Å². The van der Waals surface area contributed by atoms with Gasteiger partial charge in [-0.15, -0.1) is 0 Å². The number of ether oxygens (including phenoxy) is 1. The minimum Gasteiger partial charge on any atom is -0.444 e. The van der Waals surface area contributed by atoms with Gasteiger partial charge in [-0.2, -0.15) is 0 Å². The molecule has 2 fully saturated rings. The fourth-order valence-electron chi connectivity index (χ4n) is 4.21. The molecule has 1 atom stereocenters. The number of hydrogen-bond donors (Lipinski definition) is 1. The van der Waals surface area contributed by atoms with Crippen molar-refractivity contribution >= 4 is 6.09 Å². The van der Waals surface area contributed by atoms with Crippen LogP contribution in [0, 0.1) is 0 Å². The van der Waals surface area contributed by atoms with Crippen molar-refractivity contribution in [1.82, 2.24) is 19.8 Å². The van der Waals surface area contributed by atoms with E-state index in [4.69, 9.17) is 4.74 Å². The zero-order valence-corrected chi connectivity index (χ0v) is 15.1. The van der Waals surface area contributed by atoms with Crippen LogP contribution in [-0.2, 0) is 11.3 Å². The molecule has 6 nitrogen and oxygen atoms in total. The van der Waals surface area contributed by atoms with E-state index in [0.29, 0.717) is 6.04 Å². The zero-order valence-electron chi connectivity index (χ0n) is 15.1. The first-order chi connectivity index (χ1) is 11.4. The molecule has 1 saturated heterocycles. The second-order valence-electron chi connectivity index (χ2n) is 8.04. The SMILES string of the molecule is CC(C)(C)OC(=O)N1CCC(NCCn2ccnc2)C12CCCC2. The largest absolute Gasteiger partial charge is 0.444 e. The van der Waals surface area contributed by atoms with Crippen LogP contribution in [0.1, 0.15) is 52.9 Å². The molecule has 0 radical (unpaired) electrons. The summed E-state index contributed by atoms with van der Waals surface area (Å²) in [4.78, 5) is 18.8. The van der Waals surface area contributed by atoms with E-state index in [2.05, 4.69) is 14.9 Å². The topological polar surface area (TPSA) is 59.4 Å². The maximum absolute atomic E-state index is 12.7. The van der Waals surface area contributed by atoms with Gasteiger partial charge in [0, 0.05) is 38.1 Å². The molecule has 1 spiro atoms. The first kappa shape index (κ1) is 17.3. The number of nitrogens with zero attached hydrogens (tertiary/aromatic N) is 3. The molecule has 3 rings (SSSR count). The lowest BCUT2D eigenvalue weighted by Gasteiger charge is -2.40. The second kappa shape index (κ2) is 6.75. The summed E-state index contributed by atoms with van der Waals surface area (Å²) in [6.45, 7) is 8.39. The Labute approximate surface area is 144 Å². The normalized spacial score (nSPS) is 23.1. The fourth-order valence-corrected chi connectivity index (χ4v) is 4.21. The van der Waals surface area contributed by atoms with Crippen molar-refractivity contribution in [2.75, 3.05) is 13.1 Å². The summed E-state index contributed by atoms with van der Waals surface area (Å²) in [7, 11) is 0. The number of nitrogens with one attached hydrogen (secondary N) is 1. The summed E-state index contributed by atoms with van der Waals surface area (Å²) in [6, 6.07) is 0.357. The van der Waals surface area contributed by atoms with E-state index < -0.39 is 5.60 Å². The molecule has 24 heavy (non-hydrogen) atoms. The molecule has 1 aliphatic carbocycles. The number of hydrogen-bond acceptors (Lipinski definition) is 4. The molecule has 1 aliphatic heterocycles. The van der Waals surface area contributed by atoms with Crippen LogP contribution in [-0.4, -0.2) is 50.8 Å². The number of imidazole rings is 1. The number of carbonyl (C=O) groups excluding carboxylic acids is 1. The lowest BCUT2D eigenvalue weighted by Crippen LogP contribution is -2.56. The molecule has 1 unspecified atom stereocenters. The van der Waals surface area contributed by atoms with E-state index in [1.54, 1.807) is 6.20 Å². The molecule has 2 heterocycles. The van der Waals surface area contributed by atoms with E-state index >= 15 is 0 Å². The van der Waals surface area contributed by atoms with Gasteiger partial charge < -0.3 is 19.5 Å². The summed E-state index contributed by atoms with van der Waals surface area (Å²) in [5.41, 5.74) is -0.499. The monoisotopic (exact) mass is 334 g/mol. The van der Waals surface area contributed by atoms with Crippen LogP contribution in [0.2, 0.25) is 0 Å². The first-order valence-electron chi connectivity index (χ1n) is 9.10. The van der Waals surface area contributed by atoms with Crippen molar-refractivity contribution in [3.05, 3.63) is 18.7 Å². The molecule has 0 aromatic carbocycles. The summed E-state index contributed by atoms with van der Waals surface area (Å²) in [5, 5.41) is 3.70. The lowest BCUT2D eigenvalue weighted by molar-refractivity contribution is 0.00555. The molecule has 1 aromatic heterocycles. The molecular formula is C18H30N4O2. The molecule has 6 heteroatoms. The third-order valence-corrected chi connectivity index (χ3v) is 5.23. The number of rotatable bonds is 4. The zero-order chi connectivity index (χ0) is 17.2. The van der Waals surface area contributed by atoms with Crippen LogP contribution < -0.4 is 5.32 Å². The van der Waals surface area contributed by atoms with Gasteiger partial charge in [-0.25, -0.2) is 9.78 Å². The van der Waals surface area contributed by atoms with Crippen molar-refractivity contribution in [2.24, 2.45) is 0 Å². The van der Waals surface area contributed by atoms with Gasteiger partial charge in [0.2, 0.25) is 0 Å². The molecular weight excluding hydrogens is 304 g/mol. The van der Waals surface area contributed by atoms with Gasteiger partial charge in [-0.3, -0.25) is 0 Å². The number of aromatic nitrogens is 2. The van der Waals surface area contributed by atoms with Gasteiger partial charge in [0.25, 0.3) is 0 Å². The summed E-state index contributed by atoms with van der Waals surface area (Å²) in [5.74, 6) is 0. The van der Waals surface area contributed by atoms with Gasteiger partial charge in [-0.05, 0) is 40.0 Å². The van der Waals surface area contributed by atoms with Crippen LogP contribution in [0.4, 0.5) is 4.79 Å². The molecule has 1 amide bonds. The molecule has 2 aliphatic rings. The highest BCUT2D eigenvalue weighted by Crippen LogP contribution is 2.43. The average molecular weight is 334 g/mol. The van der Waals surface area contributed by atoms with Crippen molar-refractivity contribution < 1.29 is 9.53 Å². The highest BCUT2D eigenvalue weighted by Gasteiger charge is 2.52. The Morgan fingerprint density at radius 2 is 2.12 bits per heavy atom. The highest BCUT2D eigenvalue weighted by molar-refractivity contribution is 5.70. The second-order valence-corrected chi connectivity index (χ2v) is 8.04. The maximum atomic E-state index is 12.7. The first-order valence-corrected chi connectivity index (χ1v) is 9.10. The molecule has 1 N–H and O–H groups in total. The Morgan fingerprint density at radius 1 is 1.38 bits per heavy atom. The van der Waals surface area contributed by atoms with E-state index in [0.717, 1.165) is 38.9 Å². The quantitative estimate of drug-likeness (QED) is 0.920. The third kappa shape index (κ3) is 3.58. The Balaban J connectivity index is 1.64. The molecule has 1 saturated carbocycles. The minimum atomic E-state index is -0.441. The maximum Gasteiger partial charge on any atom is 0.410 e. The molecule has 134 valence electrons. The van der Waals surface area contributed by atoms with E-state index in [9.17, 15) is 4.79 Å². The van der Waals surface area contributed by atoms with E-state index in [1.807, 2.05) is 38.2 Å². The van der Waals surface area contributed by atoms with Gasteiger partial charge in [-0.1, -0.05) is 12.8 Å². The van der Waals surface area contributed by atoms with Crippen LogP contribution in [0.15, 0.2) is 18.7 Å². The van der Waals surface area contributed by atoms with Crippen LogP contribution in [0.3, 0.4) is 0 Å². The van der Waals surface area contributed by atoms with Crippen molar-refractivity contribution in [1.29, 1.82) is 0 Å². The molecule has 1 aromatic rings. The van der Waals surface area contributed by atoms with Gasteiger partial charge >= 0.3 is 6.09 Å². The Hall–Kier alpha value is -1.56. The fraction of sp³-hybridized carbons (Fsp3) is 0.778. The Kier molecular flexibility index (Phi) is 4.85. The summed E-state index contributed by atoms with van der Waals surface area (Å²) in [6.07, 6.45) is 11.0. The van der Waals surface area contributed by atoms with Crippen molar-refractivity contribution in [2.45, 2.75) is 76.6 Å². The van der Waals surface area contributed by atoms with Crippen molar-refractivity contribution in [3.63, 3.8) is 0 Å². The lowest BCUT2D eigenvalue weighted by atomic mass is 9.89. The smallest absolute Gasteiger partial charge is 0.410 e. The number of carbonyl (C=O) groups is 1. The van der Waals surface area contributed by atoms with Crippen molar-refractivity contribution in [3.8, 4) is 0 Å². The summed E-state index contributed by atoms with van der Waals surface area (Å²) < 4.78 is 7.75. The van der Waals surface area contributed by atoms with E-state index in [-0.39, 0.29) is 11.6 Å². The summed E-state index contributed by atoms with van der Waals surface area (Å²) >= 11 is 0. The number of likely N-dealkylation sites (tertiary alicyclic amines) is 1. The predicted octanol–water partition coefficient (Wildman–Crippen LogP) is 2.79. The van der Waals surface area contributed by atoms with Gasteiger partial charge in [0.1, 0.15) is 5.60 Å². The van der Waals surface area contributed by atoms with Crippen LogP contribution >= 0.6 is 0 Å². The van der Waals surface area contributed by atoms with Crippen LogP contribution in [0.5, 0.6) is 0 Å². The standard InChI is InChI=1S/C18H30N4O2/c1-17(2,3)24-16(23)22-11-6-15(18(22)7-4-5-8-18)20-10-13-21-12-9-19-14-21/h9,12,14-15,20H,4-8,10-11,13H2,1-3H3. The average Bonchev–Trinajstić information content (AvgIpc) is 3.22.